The molecule has 0 aliphatic carbocycles. The van der Waals surface area contributed by atoms with Gasteiger partial charge in [-0.05, 0) is 17.0 Å². The van der Waals surface area contributed by atoms with E-state index in [1.807, 2.05) is 12.1 Å². The Hall–Kier alpha value is -2.11. The van der Waals surface area contributed by atoms with E-state index in [4.69, 9.17) is 0 Å². The van der Waals surface area contributed by atoms with E-state index < -0.39 is 4.92 Å². The van der Waals surface area contributed by atoms with E-state index in [9.17, 15) is 10.1 Å². The SMILES string of the molecule is CC(C)(C)CN/C(=C\[N+](=O)[O-])NCc1cccnc1. The second kappa shape index (κ2) is 6.72. The Balaban J connectivity index is 2.58. The normalized spacial score (nSPS) is 12.1. The smallest absolute Gasteiger partial charge is 0.274 e. The van der Waals surface area contributed by atoms with Crippen LogP contribution in [0.15, 0.2) is 36.5 Å². The molecule has 0 aliphatic heterocycles. The third-order valence-corrected chi connectivity index (χ3v) is 2.25. The molecule has 0 aliphatic rings. The first-order valence-electron chi connectivity index (χ1n) is 6.09. The molecule has 6 heteroatoms. The number of pyridine rings is 1. The fraction of sp³-hybridized carbons (Fsp3) is 0.462. The third kappa shape index (κ3) is 7.03. The molecule has 0 unspecified atom stereocenters. The molecule has 0 atom stereocenters. The lowest BCUT2D eigenvalue weighted by Gasteiger charge is -2.20. The lowest BCUT2D eigenvalue weighted by atomic mass is 9.97. The summed E-state index contributed by atoms with van der Waals surface area (Å²) in [4.78, 5) is 14.1. The average Bonchev–Trinajstić information content (AvgIpc) is 2.32. The molecular formula is C13H20N4O2. The van der Waals surface area contributed by atoms with Gasteiger partial charge >= 0.3 is 0 Å². The molecule has 0 bridgehead atoms. The maximum atomic E-state index is 10.6. The Morgan fingerprint density at radius 2 is 2.21 bits per heavy atom. The minimum atomic E-state index is -0.471. The van der Waals surface area contributed by atoms with Crippen molar-refractivity contribution in [3.8, 4) is 0 Å². The molecule has 1 rings (SSSR count). The van der Waals surface area contributed by atoms with Crippen molar-refractivity contribution < 1.29 is 4.92 Å². The quantitative estimate of drug-likeness (QED) is 0.605. The van der Waals surface area contributed by atoms with Crippen molar-refractivity contribution in [3.63, 3.8) is 0 Å². The van der Waals surface area contributed by atoms with Crippen molar-refractivity contribution in [2.45, 2.75) is 27.3 Å². The van der Waals surface area contributed by atoms with Gasteiger partial charge in [-0.25, -0.2) is 0 Å². The predicted molar refractivity (Wildman–Crippen MR) is 73.6 cm³/mol. The summed E-state index contributed by atoms with van der Waals surface area (Å²) in [7, 11) is 0. The predicted octanol–water partition coefficient (Wildman–Crippen LogP) is 1.88. The molecule has 0 saturated carbocycles. The summed E-state index contributed by atoms with van der Waals surface area (Å²) in [5.41, 5.74) is 1.01. The first-order valence-corrected chi connectivity index (χ1v) is 6.09. The van der Waals surface area contributed by atoms with Gasteiger partial charge in [0.15, 0.2) is 5.82 Å². The fourth-order valence-electron chi connectivity index (χ4n) is 1.32. The standard InChI is InChI=1S/C13H20N4O2/c1-13(2,3)10-16-12(9-17(18)19)15-8-11-5-4-6-14-7-11/h4-7,9,15-16H,8,10H2,1-3H3/b12-9-. The summed E-state index contributed by atoms with van der Waals surface area (Å²) in [6.07, 6.45) is 4.36. The Morgan fingerprint density at radius 3 is 2.74 bits per heavy atom. The molecule has 6 nitrogen and oxygen atoms in total. The minimum absolute atomic E-state index is 0.0473. The first-order chi connectivity index (χ1) is 8.87. The lowest BCUT2D eigenvalue weighted by Crippen LogP contribution is -2.33. The van der Waals surface area contributed by atoms with E-state index in [2.05, 4.69) is 36.4 Å². The zero-order valence-electron chi connectivity index (χ0n) is 11.5. The van der Waals surface area contributed by atoms with Crippen LogP contribution in [-0.4, -0.2) is 16.5 Å². The van der Waals surface area contributed by atoms with Gasteiger partial charge in [0.05, 0.1) is 4.92 Å². The molecule has 1 aromatic heterocycles. The van der Waals surface area contributed by atoms with Crippen molar-refractivity contribution in [2.75, 3.05) is 6.54 Å². The van der Waals surface area contributed by atoms with Crippen LogP contribution in [0.5, 0.6) is 0 Å². The summed E-state index contributed by atoms with van der Waals surface area (Å²) in [5.74, 6) is 0.406. The number of rotatable bonds is 6. The van der Waals surface area contributed by atoms with Gasteiger partial charge in [-0.2, -0.15) is 0 Å². The van der Waals surface area contributed by atoms with Crippen molar-refractivity contribution in [1.29, 1.82) is 0 Å². The Morgan fingerprint density at radius 1 is 1.47 bits per heavy atom. The van der Waals surface area contributed by atoms with Gasteiger partial charge in [0, 0.05) is 25.5 Å². The number of aromatic nitrogens is 1. The van der Waals surface area contributed by atoms with Crippen molar-refractivity contribution >= 4 is 0 Å². The number of nitrogens with zero attached hydrogens (tertiary/aromatic N) is 2. The van der Waals surface area contributed by atoms with Gasteiger partial charge in [-0.1, -0.05) is 26.8 Å². The molecule has 0 amide bonds. The monoisotopic (exact) mass is 264 g/mol. The van der Waals surface area contributed by atoms with Crippen molar-refractivity contribution in [3.05, 3.63) is 52.2 Å². The fourth-order valence-corrected chi connectivity index (χ4v) is 1.32. The maximum Gasteiger partial charge on any atom is 0.274 e. The van der Waals surface area contributed by atoms with Gasteiger partial charge in [0.2, 0.25) is 0 Å². The van der Waals surface area contributed by atoms with Crippen LogP contribution in [0, 0.1) is 15.5 Å². The molecule has 0 spiro atoms. The van der Waals surface area contributed by atoms with Crippen LogP contribution in [0.3, 0.4) is 0 Å². The molecule has 0 aromatic carbocycles. The molecule has 0 saturated heterocycles. The highest BCUT2D eigenvalue weighted by Gasteiger charge is 2.11. The zero-order valence-corrected chi connectivity index (χ0v) is 11.5. The van der Waals surface area contributed by atoms with E-state index in [0.29, 0.717) is 18.9 Å². The van der Waals surface area contributed by atoms with E-state index in [-0.39, 0.29) is 5.41 Å². The Labute approximate surface area is 113 Å². The molecule has 104 valence electrons. The Kier molecular flexibility index (Phi) is 5.29. The lowest BCUT2D eigenvalue weighted by molar-refractivity contribution is -0.404. The number of hydrogen-bond acceptors (Lipinski definition) is 5. The number of nitro groups is 1. The maximum absolute atomic E-state index is 10.6. The topological polar surface area (TPSA) is 80.1 Å². The summed E-state index contributed by atoms with van der Waals surface area (Å²) in [6, 6.07) is 3.74. The highest BCUT2D eigenvalue weighted by molar-refractivity contribution is 5.09. The van der Waals surface area contributed by atoms with E-state index >= 15 is 0 Å². The van der Waals surface area contributed by atoms with Crippen LogP contribution < -0.4 is 10.6 Å². The molecule has 1 heterocycles. The van der Waals surface area contributed by atoms with E-state index in [1.54, 1.807) is 12.4 Å². The summed E-state index contributed by atoms with van der Waals surface area (Å²) < 4.78 is 0. The van der Waals surface area contributed by atoms with Crippen LogP contribution in [0.2, 0.25) is 0 Å². The first kappa shape index (κ1) is 14.9. The summed E-state index contributed by atoms with van der Waals surface area (Å²) >= 11 is 0. The third-order valence-electron chi connectivity index (χ3n) is 2.25. The van der Waals surface area contributed by atoms with Crippen LogP contribution in [-0.2, 0) is 6.54 Å². The van der Waals surface area contributed by atoms with E-state index in [0.717, 1.165) is 11.8 Å². The number of hydrogen-bond donors (Lipinski definition) is 2. The second-order valence-corrected chi connectivity index (χ2v) is 5.46. The van der Waals surface area contributed by atoms with E-state index in [1.165, 1.54) is 0 Å². The van der Waals surface area contributed by atoms with Gasteiger partial charge < -0.3 is 10.6 Å². The van der Waals surface area contributed by atoms with Gasteiger partial charge in [0.1, 0.15) is 0 Å². The van der Waals surface area contributed by atoms with Crippen molar-refractivity contribution in [1.82, 2.24) is 15.6 Å². The summed E-state index contributed by atoms with van der Waals surface area (Å²) in [6.45, 7) is 7.32. The second-order valence-electron chi connectivity index (χ2n) is 5.46. The minimum Gasteiger partial charge on any atom is -0.366 e. The van der Waals surface area contributed by atoms with Crippen LogP contribution >= 0.6 is 0 Å². The van der Waals surface area contributed by atoms with Gasteiger partial charge in [-0.15, -0.1) is 0 Å². The van der Waals surface area contributed by atoms with Crippen LogP contribution in [0.25, 0.3) is 0 Å². The average molecular weight is 264 g/mol. The largest absolute Gasteiger partial charge is 0.366 e. The molecule has 2 N–H and O–H groups in total. The van der Waals surface area contributed by atoms with Gasteiger partial charge in [0.25, 0.3) is 6.20 Å². The molecule has 1 aromatic rings. The van der Waals surface area contributed by atoms with Crippen LogP contribution in [0.4, 0.5) is 0 Å². The summed E-state index contributed by atoms with van der Waals surface area (Å²) in [5, 5.41) is 16.6. The van der Waals surface area contributed by atoms with Crippen molar-refractivity contribution in [2.24, 2.45) is 5.41 Å². The highest BCUT2D eigenvalue weighted by Crippen LogP contribution is 2.11. The van der Waals surface area contributed by atoms with Crippen LogP contribution in [0.1, 0.15) is 26.3 Å². The number of nitrogens with one attached hydrogen (secondary N) is 2. The molecule has 0 radical (unpaired) electrons. The molecule has 19 heavy (non-hydrogen) atoms. The van der Waals surface area contributed by atoms with Gasteiger partial charge in [-0.3, -0.25) is 15.1 Å². The molecule has 0 fully saturated rings. The molecular weight excluding hydrogens is 244 g/mol. The Bertz CT molecular complexity index is 438. The zero-order chi connectivity index (χ0) is 14.3. The highest BCUT2D eigenvalue weighted by atomic mass is 16.6.